The van der Waals surface area contributed by atoms with Gasteiger partial charge in [0.2, 0.25) is 15.9 Å². The highest BCUT2D eigenvalue weighted by molar-refractivity contribution is 7.89. The summed E-state index contributed by atoms with van der Waals surface area (Å²) in [5, 5.41) is 2.37. The molecule has 0 atom stereocenters. The summed E-state index contributed by atoms with van der Waals surface area (Å²) in [6.07, 6.45) is -0.0156. The van der Waals surface area contributed by atoms with Crippen LogP contribution in [0.2, 0.25) is 0 Å². The second-order valence-corrected chi connectivity index (χ2v) is 5.80. The van der Waals surface area contributed by atoms with Gasteiger partial charge in [-0.1, -0.05) is 0 Å². The van der Waals surface area contributed by atoms with Crippen LogP contribution in [0.5, 0.6) is 0 Å². The first-order chi connectivity index (χ1) is 9.81. The molecule has 0 heterocycles. The van der Waals surface area contributed by atoms with E-state index in [1.807, 2.05) is 0 Å². The first kappa shape index (κ1) is 16.9. The third kappa shape index (κ3) is 4.43. The lowest BCUT2D eigenvalue weighted by Crippen LogP contribution is -2.30. The maximum Gasteiger partial charge on any atom is 0.339 e. The van der Waals surface area contributed by atoms with Gasteiger partial charge in [-0.2, -0.15) is 0 Å². The lowest BCUT2D eigenvalue weighted by Gasteiger charge is -2.11. The predicted octanol–water partition coefficient (Wildman–Crippen LogP) is -0.530. The summed E-state index contributed by atoms with van der Waals surface area (Å²) in [6, 6.07) is 3.79. The Morgan fingerprint density at radius 1 is 1.33 bits per heavy atom. The minimum atomic E-state index is -3.95. The number of ether oxygens (including phenoxy) is 1. The van der Waals surface area contributed by atoms with E-state index in [4.69, 9.17) is 5.73 Å². The molecule has 0 aliphatic heterocycles. The zero-order valence-electron chi connectivity index (χ0n) is 11.7. The summed E-state index contributed by atoms with van der Waals surface area (Å²) in [6.45, 7) is -0.0903. The average molecular weight is 315 g/mol. The molecule has 0 spiro atoms. The van der Waals surface area contributed by atoms with Crippen molar-refractivity contribution in [3.8, 4) is 0 Å². The largest absolute Gasteiger partial charge is 0.465 e. The zero-order chi connectivity index (χ0) is 16.0. The Hall–Kier alpha value is -2.13. The Morgan fingerprint density at radius 2 is 2.00 bits per heavy atom. The standard InChI is InChI=1S/C12H17N3O5S/c1-14-11(16)5-6-15-21(18,19)10-4-3-8(13)7-9(10)12(17)20-2/h3-4,7,15H,5-6,13H2,1-2H3,(H,14,16). The molecule has 8 nitrogen and oxygen atoms in total. The van der Waals surface area contributed by atoms with Crippen LogP contribution >= 0.6 is 0 Å². The molecule has 1 rings (SSSR count). The number of amides is 1. The number of hydrogen-bond acceptors (Lipinski definition) is 6. The summed E-state index contributed by atoms with van der Waals surface area (Å²) in [4.78, 5) is 22.4. The van der Waals surface area contributed by atoms with Crippen molar-refractivity contribution < 1.29 is 22.7 Å². The Morgan fingerprint density at radius 3 is 2.57 bits per heavy atom. The molecule has 0 aromatic heterocycles. The van der Waals surface area contributed by atoms with E-state index in [0.29, 0.717) is 0 Å². The summed E-state index contributed by atoms with van der Waals surface area (Å²) >= 11 is 0. The first-order valence-corrected chi connectivity index (χ1v) is 7.48. The molecule has 1 aromatic carbocycles. The van der Waals surface area contributed by atoms with Gasteiger partial charge >= 0.3 is 5.97 Å². The summed E-state index contributed by atoms with van der Waals surface area (Å²) in [5.41, 5.74) is 5.62. The molecule has 0 saturated heterocycles. The van der Waals surface area contributed by atoms with Crippen LogP contribution in [0.4, 0.5) is 5.69 Å². The molecular weight excluding hydrogens is 298 g/mol. The number of nitrogen functional groups attached to an aromatic ring is 1. The van der Waals surface area contributed by atoms with Crippen molar-refractivity contribution in [3.05, 3.63) is 23.8 Å². The molecular formula is C12H17N3O5S. The Kier molecular flexibility index (Phi) is 5.68. The van der Waals surface area contributed by atoms with Crippen LogP contribution in [0.1, 0.15) is 16.8 Å². The number of carbonyl (C=O) groups is 2. The van der Waals surface area contributed by atoms with Crippen molar-refractivity contribution >= 4 is 27.6 Å². The average Bonchev–Trinajstić information content (AvgIpc) is 2.45. The van der Waals surface area contributed by atoms with Gasteiger partial charge in [0, 0.05) is 25.7 Å². The lowest BCUT2D eigenvalue weighted by molar-refractivity contribution is -0.120. The van der Waals surface area contributed by atoms with Crippen molar-refractivity contribution in [3.63, 3.8) is 0 Å². The highest BCUT2D eigenvalue weighted by atomic mass is 32.2. The third-order valence-electron chi connectivity index (χ3n) is 2.62. The van der Waals surface area contributed by atoms with Gasteiger partial charge in [0.05, 0.1) is 17.6 Å². The molecule has 0 radical (unpaired) electrons. The fourth-order valence-electron chi connectivity index (χ4n) is 1.55. The second-order valence-electron chi connectivity index (χ2n) is 4.07. The lowest BCUT2D eigenvalue weighted by atomic mass is 10.2. The van der Waals surface area contributed by atoms with E-state index < -0.39 is 16.0 Å². The number of hydrogen-bond donors (Lipinski definition) is 3. The number of benzene rings is 1. The van der Waals surface area contributed by atoms with Crippen molar-refractivity contribution in [2.75, 3.05) is 26.4 Å². The summed E-state index contributed by atoms with van der Waals surface area (Å²) < 4.78 is 31.1. The van der Waals surface area contributed by atoms with E-state index in [2.05, 4.69) is 14.8 Å². The Labute approximate surface area is 122 Å². The van der Waals surface area contributed by atoms with Crippen molar-refractivity contribution in [1.82, 2.24) is 10.0 Å². The highest BCUT2D eigenvalue weighted by Crippen LogP contribution is 2.19. The van der Waals surface area contributed by atoms with Gasteiger partial charge in [-0.25, -0.2) is 17.9 Å². The molecule has 0 bridgehead atoms. The van der Waals surface area contributed by atoms with Crippen LogP contribution < -0.4 is 15.8 Å². The molecule has 0 aliphatic rings. The second kappa shape index (κ2) is 7.04. The number of anilines is 1. The number of rotatable bonds is 6. The monoisotopic (exact) mass is 315 g/mol. The first-order valence-electron chi connectivity index (χ1n) is 6.00. The van der Waals surface area contributed by atoms with E-state index >= 15 is 0 Å². The third-order valence-corrected chi connectivity index (χ3v) is 4.14. The zero-order valence-corrected chi connectivity index (χ0v) is 12.5. The van der Waals surface area contributed by atoms with Crippen molar-refractivity contribution in [1.29, 1.82) is 0 Å². The summed E-state index contributed by atoms with van der Waals surface area (Å²) in [7, 11) is -1.36. The van der Waals surface area contributed by atoms with Gasteiger partial charge in [-0.15, -0.1) is 0 Å². The number of methoxy groups -OCH3 is 1. The molecule has 9 heteroatoms. The summed E-state index contributed by atoms with van der Waals surface area (Å²) in [5.74, 6) is -1.11. The molecule has 0 aliphatic carbocycles. The molecule has 0 fully saturated rings. The van der Waals surface area contributed by atoms with E-state index in [1.165, 1.54) is 25.2 Å². The number of sulfonamides is 1. The van der Waals surface area contributed by atoms with Gasteiger partial charge in [-0.3, -0.25) is 4.79 Å². The maximum absolute atomic E-state index is 12.2. The van der Waals surface area contributed by atoms with Crippen LogP contribution in [0.25, 0.3) is 0 Å². The maximum atomic E-state index is 12.2. The molecule has 4 N–H and O–H groups in total. The van der Waals surface area contributed by atoms with E-state index in [9.17, 15) is 18.0 Å². The molecule has 0 saturated carbocycles. The fourth-order valence-corrected chi connectivity index (χ4v) is 2.76. The Bertz CT molecular complexity index is 642. The smallest absolute Gasteiger partial charge is 0.339 e. The molecule has 116 valence electrons. The van der Waals surface area contributed by atoms with Gasteiger partial charge < -0.3 is 15.8 Å². The predicted molar refractivity (Wildman–Crippen MR) is 76.1 cm³/mol. The van der Waals surface area contributed by atoms with Crippen LogP contribution in [0.3, 0.4) is 0 Å². The normalized spacial score (nSPS) is 11.0. The Balaban J connectivity index is 3.02. The van der Waals surface area contributed by atoms with Gasteiger partial charge in [0.1, 0.15) is 0 Å². The van der Waals surface area contributed by atoms with Gasteiger partial charge in [0.15, 0.2) is 0 Å². The number of carbonyl (C=O) groups excluding carboxylic acids is 2. The van der Waals surface area contributed by atoms with E-state index in [1.54, 1.807) is 0 Å². The number of nitrogens with two attached hydrogens (primary N) is 1. The van der Waals surface area contributed by atoms with Crippen LogP contribution in [-0.2, 0) is 19.6 Å². The van der Waals surface area contributed by atoms with Crippen LogP contribution in [-0.4, -0.2) is 41.0 Å². The van der Waals surface area contributed by atoms with Crippen molar-refractivity contribution in [2.24, 2.45) is 0 Å². The van der Waals surface area contributed by atoms with Gasteiger partial charge in [0.25, 0.3) is 0 Å². The molecule has 1 amide bonds. The molecule has 0 unspecified atom stereocenters. The quantitative estimate of drug-likeness (QED) is 0.478. The topological polar surface area (TPSA) is 128 Å². The minimum absolute atomic E-state index is 0.0156. The molecule has 21 heavy (non-hydrogen) atoms. The number of nitrogens with one attached hydrogen (secondary N) is 2. The van der Waals surface area contributed by atoms with Crippen LogP contribution in [0, 0.1) is 0 Å². The van der Waals surface area contributed by atoms with E-state index in [-0.39, 0.29) is 35.0 Å². The fraction of sp³-hybridized carbons (Fsp3) is 0.333. The molecule has 1 aromatic rings. The van der Waals surface area contributed by atoms with E-state index in [0.717, 1.165) is 7.11 Å². The highest BCUT2D eigenvalue weighted by Gasteiger charge is 2.23. The SMILES string of the molecule is CNC(=O)CCNS(=O)(=O)c1ccc(N)cc1C(=O)OC. The van der Waals surface area contributed by atoms with Crippen molar-refractivity contribution in [2.45, 2.75) is 11.3 Å². The van der Waals surface area contributed by atoms with Gasteiger partial charge in [-0.05, 0) is 18.2 Å². The number of esters is 1. The minimum Gasteiger partial charge on any atom is -0.465 e. The van der Waals surface area contributed by atoms with Crippen LogP contribution in [0.15, 0.2) is 23.1 Å².